The van der Waals surface area contributed by atoms with Crippen LogP contribution in [0.2, 0.25) is 0 Å². The number of benzene rings is 1. The Labute approximate surface area is 128 Å². The van der Waals surface area contributed by atoms with Gasteiger partial charge in [-0.2, -0.15) is 0 Å². The highest BCUT2D eigenvalue weighted by atomic mass is 32.1. The molecular formula is C16H20F2N2S. The minimum absolute atomic E-state index is 0.0410. The molecule has 1 heterocycles. The highest BCUT2D eigenvalue weighted by Crippen LogP contribution is 2.27. The second-order valence-electron chi connectivity index (χ2n) is 5.18. The van der Waals surface area contributed by atoms with Crippen LogP contribution in [0.3, 0.4) is 0 Å². The van der Waals surface area contributed by atoms with Gasteiger partial charge in [-0.1, -0.05) is 6.07 Å². The first-order chi connectivity index (χ1) is 10.0. The van der Waals surface area contributed by atoms with Crippen LogP contribution >= 0.6 is 11.3 Å². The first-order valence-electron chi connectivity index (χ1n) is 7.02. The van der Waals surface area contributed by atoms with Gasteiger partial charge in [0, 0.05) is 17.5 Å². The lowest BCUT2D eigenvalue weighted by molar-refractivity contribution is 0.566. The number of rotatable bonds is 6. The van der Waals surface area contributed by atoms with Crippen molar-refractivity contribution < 1.29 is 8.78 Å². The first-order valence-corrected chi connectivity index (χ1v) is 7.90. The molecule has 1 aromatic heterocycles. The van der Waals surface area contributed by atoms with Gasteiger partial charge in [-0.25, -0.2) is 8.78 Å². The molecule has 21 heavy (non-hydrogen) atoms. The molecule has 0 aliphatic heterocycles. The van der Waals surface area contributed by atoms with Crippen molar-refractivity contribution in [2.75, 3.05) is 11.4 Å². The summed E-state index contributed by atoms with van der Waals surface area (Å²) in [6.07, 6.45) is 0.463. The summed E-state index contributed by atoms with van der Waals surface area (Å²) in [5.74, 6) is -1.05. The van der Waals surface area contributed by atoms with Gasteiger partial charge >= 0.3 is 0 Å². The lowest BCUT2D eigenvalue weighted by atomic mass is 10.1. The van der Waals surface area contributed by atoms with Crippen molar-refractivity contribution in [3.63, 3.8) is 0 Å². The van der Waals surface area contributed by atoms with Gasteiger partial charge in [0.2, 0.25) is 0 Å². The average Bonchev–Trinajstić information content (AvgIpc) is 2.88. The normalized spacial score (nSPS) is 12.4. The molecule has 5 heteroatoms. The molecule has 0 amide bonds. The van der Waals surface area contributed by atoms with E-state index in [0.29, 0.717) is 25.1 Å². The van der Waals surface area contributed by atoms with E-state index in [-0.39, 0.29) is 11.7 Å². The van der Waals surface area contributed by atoms with Crippen LogP contribution in [0.25, 0.3) is 0 Å². The number of halogens is 2. The van der Waals surface area contributed by atoms with E-state index in [1.807, 2.05) is 31.4 Å². The summed E-state index contributed by atoms with van der Waals surface area (Å²) >= 11 is 1.58. The van der Waals surface area contributed by atoms with Crippen LogP contribution in [0, 0.1) is 11.6 Å². The van der Waals surface area contributed by atoms with E-state index in [2.05, 4.69) is 0 Å². The molecule has 114 valence electrons. The maximum Gasteiger partial charge on any atom is 0.149 e. The third kappa shape index (κ3) is 4.02. The van der Waals surface area contributed by atoms with Gasteiger partial charge in [0.1, 0.15) is 17.3 Å². The Morgan fingerprint density at radius 3 is 2.43 bits per heavy atom. The number of thiophene rings is 1. The van der Waals surface area contributed by atoms with E-state index in [1.54, 1.807) is 16.2 Å². The standard InChI is InChI=1S/C16H20F2N2S/c1-3-20(10-13-5-4-6-21-13)16-14(17)8-12(7-11(2)19)9-15(16)18/h4-6,8-9,11H,3,7,10,19H2,1-2H3. The predicted molar refractivity (Wildman–Crippen MR) is 84.8 cm³/mol. The molecule has 0 radical (unpaired) electrons. The van der Waals surface area contributed by atoms with Crippen LogP contribution in [0.1, 0.15) is 24.3 Å². The van der Waals surface area contributed by atoms with Gasteiger partial charge in [-0.3, -0.25) is 0 Å². The maximum absolute atomic E-state index is 14.3. The van der Waals surface area contributed by atoms with E-state index in [4.69, 9.17) is 5.73 Å². The summed E-state index contributed by atoms with van der Waals surface area (Å²) in [6, 6.07) is 6.56. The van der Waals surface area contributed by atoms with Gasteiger partial charge in [-0.05, 0) is 49.4 Å². The summed E-state index contributed by atoms with van der Waals surface area (Å²) in [5, 5.41) is 1.96. The lowest BCUT2D eigenvalue weighted by Gasteiger charge is -2.24. The van der Waals surface area contributed by atoms with Crippen molar-refractivity contribution in [1.29, 1.82) is 0 Å². The van der Waals surface area contributed by atoms with Crippen molar-refractivity contribution in [2.24, 2.45) is 5.73 Å². The van der Waals surface area contributed by atoms with Crippen LogP contribution in [0.5, 0.6) is 0 Å². The Morgan fingerprint density at radius 1 is 1.29 bits per heavy atom. The topological polar surface area (TPSA) is 29.3 Å². The van der Waals surface area contributed by atoms with Gasteiger partial charge in [0.25, 0.3) is 0 Å². The van der Waals surface area contributed by atoms with Gasteiger partial charge in [-0.15, -0.1) is 11.3 Å². The van der Waals surface area contributed by atoms with Crippen LogP contribution in [-0.2, 0) is 13.0 Å². The predicted octanol–water partition coefficient (Wildman–Crippen LogP) is 3.94. The molecule has 1 atom stereocenters. The Morgan fingerprint density at radius 2 is 1.95 bits per heavy atom. The number of anilines is 1. The zero-order valence-electron chi connectivity index (χ0n) is 12.3. The summed E-state index contributed by atoms with van der Waals surface area (Å²) < 4.78 is 28.6. The summed E-state index contributed by atoms with van der Waals surface area (Å²) in [7, 11) is 0. The quantitative estimate of drug-likeness (QED) is 0.875. The number of hydrogen-bond acceptors (Lipinski definition) is 3. The molecule has 0 saturated heterocycles. The van der Waals surface area contributed by atoms with Gasteiger partial charge in [0.05, 0.1) is 6.54 Å². The minimum Gasteiger partial charge on any atom is -0.362 e. The highest BCUT2D eigenvalue weighted by Gasteiger charge is 2.18. The smallest absolute Gasteiger partial charge is 0.149 e. The summed E-state index contributed by atoms with van der Waals surface area (Å²) in [6.45, 7) is 4.76. The zero-order valence-corrected chi connectivity index (χ0v) is 13.1. The van der Waals surface area contributed by atoms with Gasteiger partial charge < -0.3 is 10.6 Å². The summed E-state index contributed by atoms with van der Waals surface area (Å²) in [5.41, 5.74) is 6.32. The molecular weight excluding hydrogens is 290 g/mol. The molecule has 0 bridgehead atoms. The Kier molecular flexibility index (Phi) is 5.31. The average molecular weight is 310 g/mol. The zero-order chi connectivity index (χ0) is 15.4. The molecule has 0 fully saturated rings. The van der Waals surface area contributed by atoms with E-state index >= 15 is 0 Å². The molecule has 2 aromatic rings. The van der Waals surface area contributed by atoms with Crippen LogP contribution in [0.4, 0.5) is 14.5 Å². The molecule has 1 aromatic carbocycles. The maximum atomic E-state index is 14.3. The molecule has 0 aliphatic rings. The second kappa shape index (κ2) is 7.00. The monoisotopic (exact) mass is 310 g/mol. The van der Waals surface area contributed by atoms with E-state index in [0.717, 1.165) is 4.88 Å². The minimum atomic E-state index is -0.524. The number of nitrogens with zero attached hydrogens (tertiary/aromatic N) is 1. The van der Waals surface area contributed by atoms with Crippen LogP contribution in [-0.4, -0.2) is 12.6 Å². The third-order valence-corrected chi connectivity index (χ3v) is 4.12. The van der Waals surface area contributed by atoms with Gasteiger partial charge in [0.15, 0.2) is 0 Å². The van der Waals surface area contributed by atoms with Crippen LogP contribution in [0.15, 0.2) is 29.6 Å². The largest absolute Gasteiger partial charge is 0.362 e. The first kappa shape index (κ1) is 15.9. The second-order valence-corrected chi connectivity index (χ2v) is 6.22. The summed E-state index contributed by atoms with van der Waals surface area (Å²) in [4.78, 5) is 2.79. The SMILES string of the molecule is CCN(Cc1cccs1)c1c(F)cc(CC(C)N)cc1F. The fourth-order valence-electron chi connectivity index (χ4n) is 2.35. The van der Waals surface area contributed by atoms with Crippen LogP contribution < -0.4 is 10.6 Å². The number of nitrogens with two attached hydrogens (primary N) is 1. The molecule has 2 rings (SSSR count). The van der Waals surface area contributed by atoms with Crippen molar-refractivity contribution in [1.82, 2.24) is 0 Å². The van der Waals surface area contributed by atoms with Crippen molar-refractivity contribution in [3.8, 4) is 0 Å². The molecule has 0 aliphatic carbocycles. The lowest BCUT2D eigenvalue weighted by Crippen LogP contribution is -2.24. The molecule has 0 spiro atoms. The number of hydrogen-bond donors (Lipinski definition) is 1. The molecule has 2 nitrogen and oxygen atoms in total. The molecule has 0 saturated carbocycles. The van der Waals surface area contributed by atoms with Crippen molar-refractivity contribution >= 4 is 17.0 Å². The Bertz CT molecular complexity index is 559. The van der Waals surface area contributed by atoms with Crippen molar-refractivity contribution in [3.05, 3.63) is 51.7 Å². The molecule has 1 unspecified atom stereocenters. The Hall–Kier alpha value is -1.46. The fraction of sp³-hybridized carbons (Fsp3) is 0.375. The van der Waals surface area contributed by atoms with E-state index in [1.165, 1.54) is 12.1 Å². The van der Waals surface area contributed by atoms with E-state index < -0.39 is 11.6 Å². The molecule has 2 N–H and O–H groups in total. The fourth-order valence-corrected chi connectivity index (χ4v) is 3.07. The van der Waals surface area contributed by atoms with E-state index in [9.17, 15) is 8.78 Å². The third-order valence-electron chi connectivity index (χ3n) is 3.26. The highest BCUT2D eigenvalue weighted by molar-refractivity contribution is 7.09. The Balaban J connectivity index is 2.28. The van der Waals surface area contributed by atoms with Crippen molar-refractivity contribution in [2.45, 2.75) is 32.9 Å².